The summed E-state index contributed by atoms with van der Waals surface area (Å²) in [5.74, 6) is 0.644. The van der Waals surface area contributed by atoms with E-state index in [2.05, 4.69) is 5.32 Å². The van der Waals surface area contributed by atoms with Gasteiger partial charge < -0.3 is 14.8 Å². The molecular weight excluding hydrogens is 300 g/mol. The van der Waals surface area contributed by atoms with Gasteiger partial charge in [0.25, 0.3) is 5.91 Å². The zero-order chi connectivity index (χ0) is 15.9. The van der Waals surface area contributed by atoms with E-state index in [1.165, 1.54) is 7.11 Å². The quantitative estimate of drug-likeness (QED) is 0.889. The molecule has 1 aromatic heterocycles. The van der Waals surface area contributed by atoms with Gasteiger partial charge >= 0.3 is 0 Å². The molecule has 0 aliphatic carbocycles. The van der Waals surface area contributed by atoms with E-state index in [1.54, 1.807) is 29.5 Å². The Morgan fingerprint density at radius 3 is 2.86 bits per heavy atom. The number of methoxy groups -OCH3 is 1. The first-order valence-electron chi connectivity index (χ1n) is 6.67. The molecule has 0 bridgehead atoms. The molecule has 0 saturated carbocycles. The lowest BCUT2D eigenvalue weighted by molar-refractivity contribution is -0.123. The number of thiophene rings is 1. The Morgan fingerprint density at radius 2 is 2.23 bits per heavy atom. The van der Waals surface area contributed by atoms with Gasteiger partial charge in [-0.2, -0.15) is 5.26 Å². The number of carbonyl (C=O) groups is 1. The molecule has 2 rings (SSSR count). The number of nitriles is 1. The zero-order valence-corrected chi connectivity index (χ0v) is 13.1. The summed E-state index contributed by atoms with van der Waals surface area (Å²) in [5.41, 5.74) is 0.472. The molecule has 114 valence electrons. The van der Waals surface area contributed by atoms with Crippen LogP contribution in [0.2, 0.25) is 0 Å². The fourth-order valence-electron chi connectivity index (χ4n) is 1.89. The molecule has 1 heterocycles. The van der Waals surface area contributed by atoms with Crippen LogP contribution in [0, 0.1) is 11.3 Å². The minimum atomic E-state index is -0.215. The lowest BCUT2D eigenvalue weighted by Gasteiger charge is -2.14. The fourth-order valence-corrected chi connectivity index (χ4v) is 2.63. The summed E-state index contributed by atoms with van der Waals surface area (Å²) in [6, 6.07) is 10.7. The lowest BCUT2D eigenvalue weighted by atomic mass is 10.2. The van der Waals surface area contributed by atoms with Crippen molar-refractivity contribution < 1.29 is 14.3 Å². The SMILES string of the molecule is COc1cc(C#N)ccc1OCC(=O)N[C@@H](C)c1cccs1. The van der Waals surface area contributed by atoms with Gasteiger partial charge in [0.1, 0.15) is 0 Å². The smallest absolute Gasteiger partial charge is 0.258 e. The number of nitrogens with one attached hydrogen (secondary N) is 1. The Balaban J connectivity index is 1.92. The van der Waals surface area contributed by atoms with E-state index < -0.39 is 0 Å². The molecule has 0 aliphatic heterocycles. The van der Waals surface area contributed by atoms with E-state index in [0.717, 1.165) is 4.88 Å². The molecule has 1 amide bonds. The van der Waals surface area contributed by atoms with Crippen LogP contribution in [0.5, 0.6) is 11.5 Å². The molecule has 0 radical (unpaired) electrons. The highest BCUT2D eigenvalue weighted by atomic mass is 32.1. The minimum Gasteiger partial charge on any atom is -0.493 e. The molecule has 2 aromatic rings. The summed E-state index contributed by atoms with van der Waals surface area (Å²) in [4.78, 5) is 13.0. The molecule has 22 heavy (non-hydrogen) atoms. The third-order valence-corrected chi connectivity index (χ3v) is 4.05. The average molecular weight is 316 g/mol. The molecule has 0 spiro atoms. The Hall–Kier alpha value is -2.52. The van der Waals surface area contributed by atoms with Crippen LogP contribution in [0.15, 0.2) is 35.7 Å². The van der Waals surface area contributed by atoms with Crippen LogP contribution in [0.4, 0.5) is 0 Å². The molecule has 6 heteroatoms. The molecule has 1 atom stereocenters. The van der Waals surface area contributed by atoms with Crippen LogP contribution < -0.4 is 14.8 Å². The van der Waals surface area contributed by atoms with Crippen molar-refractivity contribution in [3.05, 3.63) is 46.2 Å². The topological polar surface area (TPSA) is 71.3 Å². The van der Waals surface area contributed by atoms with Gasteiger partial charge in [-0.15, -0.1) is 11.3 Å². The van der Waals surface area contributed by atoms with E-state index in [4.69, 9.17) is 14.7 Å². The van der Waals surface area contributed by atoms with Gasteiger partial charge in [0.2, 0.25) is 0 Å². The van der Waals surface area contributed by atoms with Gasteiger partial charge in [-0.3, -0.25) is 4.79 Å². The van der Waals surface area contributed by atoms with E-state index in [0.29, 0.717) is 17.1 Å². The first kappa shape index (κ1) is 15.9. The highest BCUT2D eigenvalue weighted by Gasteiger charge is 2.12. The van der Waals surface area contributed by atoms with Gasteiger partial charge in [0.15, 0.2) is 18.1 Å². The number of carbonyl (C=O) groups excluding carboxylic acids is 1. The average Bonchev–Trinajstić information content (AvgIpc) is 3.07. The predicted octanol–water partition coefficient (Wildman–Crippen LogP) is 2.88. The lowest BCUT2D eigenvalue weighted by Crippen LogP contribution is -2.30. The number of nitrogens with zero attached hydrogens (tertiary/aromatic N) is 1. The van der Waals surface area contributed by atoms with Crippen molar-refractivity contribution in [2.75, 3.05) is 13.7 Å². The highest BCUT2D eigenvalue weighted by molar-refractivity contribution is 7.10. The third-order valence-electron chi connectivity index (χ3n) is 3.00. The van der Waals surface area contributed by atoms with Crippen LogP contribution in [-0.4, -0.2) is 19.6 Å². The van der Waals surface area contributed by atoms with Crippen molar-refractivity contribution in [1.82, 2.24) is 5.32 Å². The molecule has 0 aliphatic rings. The maximum atomic E-state index is 11.9. The van der Waals surface area contributed by atoms with E-state index in [9.17, 15) is 4.79 Å². The van der Waals surface area contributed by atoms with Gasteiger partial charge in [-0.1, -0.05) is 6.07 Å². The van der Waals surface area contributed by atoms with Crippen LogP contribution in [-0.2, 0) is 4.79 Å². The summed E-state index contributed by atoms with van der Waals surface area (Å²) >= 11 is 1.59. The normalized spacial score (nSPS) is 11.3. The van der Waals surface area contributed by atoms with Crippen molar-refractivity contribution >= 4 is 17.2 Å². The van der Waals surface area contributed by atoms with Crippen LogP contribution >= 0.6 is 11.3 Å². The molecular formula is C16H16N2O3S. The van der Waals surface area contributed by atoms with Crippen molar-refractivity contribution in [2.45, 2.75) is 13.0 Å². The minimum absolute atomic E-state index is 0.0565. The maximum Gasteiger partial charge on any atom is 0.258 e. The molecule has 5 nitrogen and oxygen atoms in total. The third kappa shape index (κ3) is 3.99. The van der Waals surface area contributed by atoms with Crippen molar-refractivity contribution in [3.63, 3.8) is 0 Å². The first-order valence-corrected chi connectivity index (χ1v) is 7.55. The Bertz CT molecular complexity index is 677. The molecule has 0 saturated heterocycles. The molecule has 1 N–H and O–H groups in total. The van der Waals surface area contributed by atoms with Gasteiger partial charge in [-0.05, 0) is 30.5 Å². The number of hydrogen-bond donors (Lipinski definition) is 1. The Morgan fingerprint density at radius 1 is 1.41 bits per heavy atom. The first-order chi connectivity index (χ1) is 10.6. The van der Waals surface area contributed by atoms with Crippen molar-refractivity contribution in [2.24, 2.45) is 0 Å². The summed E-state index contributed by atoms with van der Waals surface area (Å²) in [7, 11) is 1.49. The molecule has 0 unspecified atom stereocenters. The van der Waals surface area contributed by atoms with Gasteiger partial charge in [-0.25, -0.2) is 0 Å². The van der Waals surface area contributed by atoms with Gasteiger partial charge in [0, 0.05) is 10.9 Å². The zero-order valence-electron chi connectivity index (χ0n) is 12.3. The van der Waals surface area contributed by atoms with Crippen LogP contribution in [0.1, 0.15) is 23.4 Å². The van der Waals surface area contributed by atoms with E-state index >= 15 is 0 Å². The number of benzene rings is 1. The van der Waals surface area contributed by atoms with Crippen LogP contribution in [0.3, 0.4) is 0 Å². The maximum absolute atomic E-state index is 11.9. The van der Waals surface area contributed by atoms with E-state index in [1.807, 2.05) is 30.5 Å². The molecule has 0 fully saturated rings. The largest absolute Gasteiger partial charge is 0.493 e. The summed E-state index contributed by atoms with van der Waals surface area (Å²) in [6.45, 7) is 1.81. The second-order valence-corrected chi connectivity index (χ2v) is 5.55. The highest BCUT2D eigenvalue weighted by Crippen LogP contribution is 2.27. The fraction of sp³-hybridized carbons (Fsp3) is 0.250. The second-order valence-electron chi connectivity index (χ2n) is 4.57. The van der Waals surface area contributed by atoms with E-state index in [-0.39, 0.29) is 18.6 Å². The standard InChI is InChI=1S/C16H16N2O3S/c1-11(15-4-3-7-22-15)18-16(19)10-21-13-6-5-12(9-17)8-14(13)20-2/h3-8,11H,10H2,1-2H3,(H,18,19)/t11-/m0/s1. The number of hydrogen-bond acceptors (Lipinski definition) is 5. The summed E-state index contributed by atoms with van der Waals surface area (Å²) in [5, 5.41) is 13.7. The number of amides is 1. The second kappa shape index (κ2) is 7.48. The summed E-state index contributed by atoms with van der Waals surface area (Å²) < 4.78 is 10.6. The Kier molecular flexibility index (Phi) is 5.39. The number of rotatable bonds is 6. The summed E-state index contributed by atoms with van der Waals surface area (Å²) in [6.07, 6.45) is 0. The van der Waals surface area contributed by atoms with Crippen molar-refractivity contribution in [3.8, 4) is 17.6 Å². The van der Waals surface area contributed by atoms with Gasteiger partial charge in [0.05, 0.1) is 24.8 Å². The number of ether oxygens (including phenoxy) is 2. The van der Waals surface area contributed by atoms with Crippen molar-refractivity contribution in [1.29, 1.82) is 5.26 Å². The Labute approximate surface area is 133 Å². The van der Waals surface area contributed by atoms with Crippen LogP contribution in [0.25, 0.3) is 0 Å². The molecule has 1 aromatic carbocycles. The predicted molar refractivity (Wildman–Crippen MR) is 84.1 cm³/mol. The monoisotopic (exact) mass is 316 g/mol.